The molecule has 23 heavy (non-hydrogen) atoms. The van der Waals surface area contributed by atoms with Crippen molar-refractivity contribution in [2.45, 2.75) is 6.61 Å². The Bertz CT molecular complexity index is 846. The number of halogens is 2. The number of nitrogens with one attached hydrogen (secondary N) is 1. The number of rotatable bonds is 4. The standard InChI is InChI=1S/C15H12F2N4O2/c16-15(17)23-11-4-2-10(3-5-11)21-8-19-12-6-1-9(7-13(12)21)14(22)20-18/h1-8,15H,18H2,(H,20,22). The summed E-state index contributed by atoms with van der Waals surface area (Å²) in [7, 11) is 0. The van der Waals surface area contributed by atoms with E-state index in [2.05, 4.69) is 15.1 Å². The topological polar surface area (TPSA) is 82.2 Å². The molecule has 0 aliphatic rings. The Kier molecular flexibility index (Phi) is 3.90. The minimum Gasteiger partial charge on any atom is -0.435 e. The number of ether oxygens (including phenoxy) is 1. The number of carbonyl (C=O) groups excluding carboxylic acids is 1. The maximum Gasteiger partial charge on any atom is 0.387 e. The normalized spacial score (nSPS) is 11.0. The molecule has 0 saturated heterocycles. The first-order chi connectivity index (χ1) is 11.1. The Morgan fingerprint density at radius 1 is 1.22 bits per heavy atom. The molecule has 0 atom stereocenters. The van der Waals surface area contributed by atoms with E-state index in [9.17, 15) is 13.6 Å². The number of nitrogens with zero attached hydrogens (tertiary/aromatic N) is 2. The SMILES string of the molecule is NNC(=O)c1ccc2ncn(-c3ccc(OC(F)F)cc3)c2c1. The zero-order chi connectivity index (χ0) is 16.4. The maximum atomic E-state index is 12.2. The van der Waals surface area contributed by atoms with Crippen LogP contribution >= 0.6 is 0 Å². The predicted octanol–water partition coefficient (Wildman–Crippen LogP) is 2.23. The molecule has 0 bridgehead atoms. The second kappa shape index (κ2) is 6.01. The van der Waals surface area contributed by atoms with Gasteiger partial charge < -0.3 is 4.74 Å². The minimum atomic E-state index is -2.87. The highest BCUT2D eigenvalue weighted by molar-refractivity contribution is 5.97. The van der Waals surface area contributed by atoms with E-state index in [1.165, 1.54) is 12.1 Å². The van der Waals surface area contributed by atoms with Crippen LogP contribution in [0.1, 0.15) is 10.4 Å². The van der Waals surface area contributed by atoms with Crippen molar-refractivity contribution in [2.24, 2.45) is 5.84 Å². The molecule has 3 aromatic rings. The Morgan fingerprint density at radius 3 is 2.61 bits per heavy atom. The number of hydrogen-bond acceptors (Lipinski definition) is 4. The molecule has 1 aromatic heterocycles. The third-order valence-corrected chi connectivity index (χ3v) is 3.28. The third kappa shape index (κ3) is 2.97. The van der Waals surface area contributed by atoms with E-state index in [-0.39, 0.29) is 5.75 Å². The first-order valence-electron chi connectivity index (χ1n) is 6.62. The fourth-order valence-electron chi connectivity index (χ4n) is 2.23. The number of benzene rings is 2. The number of nitrogen functional groups attached to an aromatic ring is 1. The summed E-state index contributed by atoms with van der Waals surface area (Å²) in [4.78, 5) is 15.9. The van der Waals surface area contributed by atoms with E-state index < -0.39 is 12.5 Å². The van der Waals surface area contributed by atoms with Crippen molar-refractivity contribution in [1.29, 1.82) is 0 Å². The van der Waals surface area contributed by atoms with Crippen molar-refractivity contribution in [3.63, 3.8) is 0 Å². The van der Waals surface area contributed by atoms with Crippen LogP contribution in [0, 0.1) is 0 Å². The zero-order valence-corrected chi connectivity index (χ0v) is 11.7. The molecule has 2 aromatic carbocycles. The van der Waals surface area contributed by atoms with Crippen molar-refractivity contribution in [2.75, 3.05) is 0 Å². The molecular formula is C15H12F2N4O2. The fraction of sp³-hybridized carbons (Fsp3) is 0.0667. The Balaban J connectivity index is 2.00. The summed E-state index contributed by atoms with van der Waals surface area (Å²) >= 11 is 0. The van der Waals surface area contributed by atoms with Crippen LogP contribution in [0.3, 0.4) is 0 Å². The van der Waals surface area contributed by atoms with Crippen molar-refractivity contribution >= 4 is 16.9 Å². The summed E-state index contributed by atoms with van der Waals surface area (Å²) in [6.07, 6.45) is 1.58. The quantitative estimate of drug-likeness (QED) is 0.439. The molecule has 3 rings (SSSR count). The van der Waals surface area contributed by atoms with E-state index in [4.69, 9.17) is 5.84 Å². The molecule has 1 amide bonds. The number of alkyl halides is 2. The summed E-state index contributed by atoms with van der Waals surface area (Å²) in [5.41, 5.74) is 4.52. The van der Waals surface area contributed by atoms with Gasteiger partial charge >= 0.3 is 6.61 Å². The van der Waals surface area contributed by atoms with Crippen LogP contribution in [-0.2, 0) is 0 Å². The highest BCUT2D eigenvalue weighted by Gasteiger charge is 2.10. The number of hydrogen-bond donors (Lipinski definition) is 2. The van der Waals surface area contributed by atoms with Gasteiger partial charge in [-0.05, 0) is 42.5 Å². The average Bonchev–Trinajstić information content (AvgIpc) is 2.97. The van der Waals surface area contributed by atoms with Gasteiger partial charge in [0.15, 0.2) is 0 Å². The molecule has 6 nitrogen and oxygen atoms in total. The molecule has 0 radical (unpaired) electrons. The second-order valence-corrected chi connectivity index (χ2v) is 4.66. The van der Waals surface area contributed by atoms with E-state index >= 15 is 0 Å². The Hall–Kier alpha value is -3.00. The number of nitrogens with two attached hydrogens (primary N) is 1. The van der Waals surface area contributed by atoms with E-state index in [0.29, 0.717) is 22.3 Å². The monoisotopic (exact) mass is 318 g/mol. The van der Waals surface area contributed by atoms with Crippen LogP contribution in [0.4, 0.5) is 8.78 Å². The van der Waals surface area contributed by atoms with Crippen LogP contribution in [0.15, 0.2) is 48.8 Å². The lowest BCUT2D eigenvalue weighted by Crippen LogP contribution is -2.29. The summed E-state index contributed by atoms with van der Waals surface area (Å²) < 4.78 is 30.4. The Labute approximate surface area is 129 Å². The molecule has 0 fully saturated rings. The van der Waals surface area contributed by atoms with Gasteiger partial charge in [0.2, 0.25) is 0 Å². The highest BCUT2D eigenvalue weighted by Crippen LogP contribution is 2.22. The molecule has 118 valence electrons. The van der Waals surface area contributed by atoms with Crippen molar-refractivity contribution in [1.82, 2.24) is 15.0 Å². The number of amides is 1. The number of aromatic nitrogens is 2. The van der Waals surface area contributed by atoms with Crippen molar-refractivity contribution in [3.8, 4) is 11.4 Å². The van der Waals surface area contributed by atoms with E-state index in [0.717, 1.165) is 0 Å². The first-order valence-corrected chi connectivity index (χ1v) is 6.62. The van der Waals surface area contributed by atoms with Crippen LogP contribution < -0.4 is 16.0 Å². The lowest BCUT2D eigenvalue weighted by molar-refractivity contribution is -0.0498. The summed E-state index contributed by atoms with van der Waals surface area (Å²) in [6.45, 7) is -2.87. The number of fused-ring (bicyclic) bond motifs is 1. The van der Waals surface area contributed by atoms with Crippen molar-refractivity contribution in [3.05, 3.63) is 54.4 Å². The highest BCUT2D eigenvalue weighted by atomic mass is 19.3. The first kappa shape index (κ1) is 14.9. The molecule has 0 spiro atoms. The summed E-state index contributed by atoms with van der Waals surface area (Å²) in [5, 5.41) is 0. The smallest absolute Gasteiger partial charge is 0.387 e. The molecule has 1 heterocycles. The number of carbonyl (C=O) groups is 1. The fourth-order valence-corrected chi connectivity index (χ4v) is 2.23. The zero-order valence-electron chi connectivity index (χ0n) is 11.7. The van der Waals surface area contributed by atoms with Gasteiger partial charge in [-0.25, -0.2) is 10.8 Å². The largest absolute Gasteiger partial charge is 0.435 e. The van der Waals surface area contributed by atoms with Crippen LogP contribution in [-0.4, -0.2) is 22.1 Å². The van der Waals surface area contributed by atoms with Crippen LogP contribution in [0.2, 0.25) is 0 Å². The summed E-state index contributed by atoms with van der Waals surface area (Å²) in [5.74, 6) is 4.78. The van der Waals surface area contributed by atoms with Gasteiger partial charge in [-0.2, -0.15) is 8.78 Å². The Morgan fingerprint density at radius 2 is 1.96 bits per heavy atom. The third-order valence-electron chi connectivity index (χ3n) is 3.28. The van der Waals surface area contributed by atoms with Gasteiger partial charge in [0.1, 0.15) is 12.1 Å². The number of hydrazine groups is 1. The van der Waals surface area contributed by atoms with Crippen molar-refractivity contribution < 1.29 is 18.3 Å². The molecule has 0 aliphatic carbocycles. The summed E-state index contributed by atoms with van der Waals surface area (Å²) in [6, 6.07) is 11.1. The van der Waals surface area contributed by atoms with Crippen LogP contribution in [0.5, 0.6) is 5.75 Å². The average molecular weight is 318 g/mol. The molecule has 3 N–H and O–H groups in total. The van der Waals surface area contributed by atoms with Gasteiger partial charge in [0, 0.05) is 11.3 Å². The maximum absolute atomic E-state index is 12.2. The van der Waals surface area contributed by atoms with Gasteiger partial charge in [-0.3, -0.25) is 14.8 Å². The van der Waals surface area contributed by atoms with E-state index in [1.54, 1.807) is 41.2 Å². The lowest BCUT2D eigenvalue weighted by atomic mass is 10.2. The van der Waals surface area contributed by atoms with Gasteiger partial charge in [0.25, 0.3) is 5.91 Å². The predicted molar refractivity (Wildman–Crippen MR) is 79.4 cm³/mol. The van der Waals surface area contributed by atoms with E-state index in [1.807, 2.05) is 0 Å². The lowest BCUT2D eigenvalue weighted by Gasteiger charge is -2.08. The van der Waals surface area contributed by atoms with Gasteiger partial charge in [-0.1, -0.05) is 0 Å². The van der Waals surface area contributed by atoms with Gasteiger partial charge in [0.05, 0.1) is 11.0 Å². The molecular weight excluding hydrogens is 306 g/mol. The molecule has 0 aliphatic heterocycles. The minimum absolute atomic E-state index is 0.0661. The molecule has 8 heteroatoms. The number of imidazole rings is 1. The van der Waals surface area contributed by atoms with Crippen LogP contribution in [0.25, 0.3) is 16.7 Å². The molecule has 0 saturated carbocycles. The molecule has 0 unspecified atom stereocenters. The van der Waals surface area contributed by atoms with Gasteiger partial charge in [-0.15, -0.1) is 0 Å². The second-order valence-electron chi connectivity index (χ2n) is 4.66.